The van der Waals surface area contributed by atoms with Gasteiger partial charge >= 0.3 is 0 Å². The molecule has 25 heavy (non-hydrogen) atoms. The van der Waals surface area contributed by atoms with E-state index < -0.39 is 5.41 Å². The van der Waals surface area contributed by atoms with E-state index in [-0.39, 0.29) is 18.3 Å². The number of aromatic amines is 1. The highest BCUT2D eigenvalue weighted by molar-refractivity contribution is 5.95. The molecule has 0 spiro atoms. The molecule has 2 aromatic rings. The van der Waals surface area contributed by atoms with Crippen LogP contribution < -0.4 is 11.1 Å². The Labute approximate surface area is 154 Å². The molecule has 1 amide bonds. The van der Waals surface area contributed by atoms with Crippen molar-refractivity contribution in [1.29, 1.82) is 0 Å². The number of nitrogens with zero attached hydrogens (tertiary/aromatic N) is 2. The summed E-state index contributed by atoms with van der Waals surface area (Å²) < 4.78 is 0. The van der Waals surface area contributed by atoms with E-state index in [0.29, 0.717) is 18.3 Å². The van der Waals surface area contributed by atoms with Crippen molar-refractivity contribution in [3.63, 3.8) is 0 Å². The van der Waals surface area contributed by atoms with Gasteiger partial charge in [-0.2, -0.15) is 5.10 Å². The molecule has 7 heteroatoms. The number of nitrogens with one attached hydrogen (secondary N) is 2. The number of aromatic nitrogens is 3. The summed E-state index contributed by atoms with van der Waals surface area (Å²) in [5, 5.41) is 10.3. The van der Waals surface area contributed by atoms with Crippen molar-refractivity contribution in [3.8, 4) is 11.4 Å². The van der Waals surface area contributed by atoms with Crippen molar-refractivity contribution in [2.75, 3.05) is 11.9 Å². The van der Waals surface area contributed by atoms with Crippen molar-refractivity contribution < 1.29 is 4.79 Å². The molecule has 1 heterocycles. The largest absolute Gasteiger partial charge is 0.329 e. The van der Waals surface area contributed by atoms with Gasteiger partial charge in [0.1, 0.15) is 5.82 Å². The zero-order chi connectivity index (χ0) is 17.2. The van der Waals surface area contributed by atoms with Crippen molar-refractivity contribution in [3.05, 3.63) is 30.1 Å². The van der Waals surface area contributed by atoms with Crippen LogP contribution in [0.25, 0.3) is 11.4 Å². The number of hydrogen-bond acceptors (Lipinski definition) is 4. The molecule has 0 bridgehead atoms. The van der Waals surface area contributed by atoms with Crippen LogP contribution in [0, 0.1) is 5.41 Å². The molecule has 1 fully saturated rings. The fraction of sp³-hybridized carbons (Fsp3) is 0.500. The van der Waals surface area contributed by atoms with E-state index in [1.165, 1.54) is 12.8 Å². The molecule has 0 unspecified atom stereocenters. The predicted octanol–water partition coefficient (Wildman–Crippen LogP) is 3.47. The monoisotopic (exact) mass is 363 g/mol. The lowest BCUT2D eigenvalue weighted by Crippen LogP contribution is -2.41. The van der Waals surface area contributed by atoms with Gasteiger partial charge in [0.05, 0.1) is 5.41 Å². The summed E-state index contributed by atoms with van der Waals surface area (Å²) in [5.41, 5.74) is 7.04. The molecular weight excluding hydrogens is 338 g/mol. The summed E-state index contributed by atoms with van der Waals surface area (Å²) in [6.07, 6.45) is 3.84. The van der Waals surface area contributed by atoms with Crippen LogP contribution in [0.3, 0.4) is 0 Å². The normalized spacial score (nSPS) is 14.0. The minimum atomic E-state index is -0.498. The first-order valence-corrected chi connectivity index (χ1v) is 8.66. The molecule has 1 aliphatic carbocycles. The molecular formula is C18H26ClN5O. The van der Waals surface area contributed by atoms with Gasteiger partial charge in [-0.1, -0.05) is 13.8 Å². The molecule has 1 saturated carbocycles. The lowest BCUT2D eigenvalue weighted by molar-refractivity contribution is -0.125. The number of hydrogen-bond donors (Lipinski definition) is 3. The number of anilines is 1. The number of carbonyl (C=O) groups is 1. The van der Waals surface area contributed by atoms with Gasteiger partial charge in [0.2, 0.25) is 5.91 Å². The Morgan fingerprint density at radius 2 is 1.92 bits per heavy atom. The second-order valence-electron chi connectivity index (χ2n) is 6.54. The highest BCUT2D eigenvalue weighted by Gasteiger charge is 2.33. The van der Waals surface area contributed by atoms with E-state index in [9.17, 15) is 4.79 Å². The standard InChI is InChI=1S/C18H25N5O.ClH/c1-3-18(4-2,11-19)17(24)20-14-9-7-13(8-10-14)16-21-15(22-23-16)12-5-6-12;/h7-10,12H,3-6,11,19H2,1-2H3,(H,20,24)(H,21,22,23);1H. The minimum Gasteiger partial charge on any atom is -0.329 e. The highest BCUT2D eigenvalue weighted by atomic mass is 35.5. The van der Waals surface area contributed by atoms with E-state index >= 15 is 0 Å². The van der Waals surface area contributed by atoms with Gasteiger partial charge in [0, 0.05) is 23.7 Å². The number of carbonyl (C=O) groups excluding carboxylic acids is 1. The third kappa shape index (κ3) is 4.02. The van der Waals surface area contributed by atoms with Crippen LogP contribution in [-0.2, 0) is 4.79 Å². The first-order valence-electron chi connectivity index (χ1n) is 8.66. The third-order valence-corrected chi connectivity index (χ3v) is 5.09. The van der Waals surface area contributed by atoms with Gasteiger partial charge < -0.3 is 11.1 Å². The number of rotatable bonds is 7. The maximum Gasteiger partial charge on any atom is 0.231 e. The Hall–Kier alpha value is -1.92. The number of amides is 1. The number of nitrogens with two attached hydrogens (primary N) is 1. The molecule has 1 aromatic carbocycles. The molecule has 0 saturated heterocycles. The number of H-pyrrole nitrogens is 1. The van der Waals surface area contributed by atoms with Crippen LogP contribution >= 0.6 is 12.4 Å². The van der Waals surface area contributed by atoms with Crippen LogP contribution in [-0.4, -0.2) is 27.6 Å². The molecule has 3 rings (SSSR count). The fourth-order valence-corrected chi connectivity index (χ4v) is 2.86. The van der Waals surface area contributed by atoms with Crippen molar-refractivity contribution in [2.24, 2.45) is 11.1 Å². The fourth-order valence-electron chi connectivity index (χ4n) is 2.86. The van der Waals surface area contributed by atoms with Crippen molar-refractivity contribution in [1.82, 2.24) is 15.2 Å². The quantitative estimate of drug-likeness (QED) is 0.701. The number of benzene rings is 1. The molecule has 0 atom stereocenters. The first kappa shape index (κ1) is 19.4. The van der Waals surface area contributed by atoms with Crippen LogP contribution in [0.2, 0.25) is 0 Å². The van der Waals surface area contributed by atoms with E-state index in [1.54, 1.807) is 0 Å². The maximum atomic E-state index is 12.5. The molecule has 1 aromatic heterocycles. The van der Waals surface area contributed by atoms with E-state index in [0.717, 1.165) is 29.9 Å². The van der Waals surface area contributed by atoms with Crippen LogP contribution in [0.15, 0.2) is 24.3 Å². The smallest absolute Gasteiger partial charge is 0.231 e. The Balaban J connectivity index is 0.00000225. The molecule has 6 nitrogen and oxygen atoms in total. The minimum absolute atomic E-state index is 0. The maximum absolute atomic E-state index is 12.5. The second-order valence-corrected chi connectivity index (χ2v) is 6.54. The van der Waals surface area contributed by atoms with E-state index in [1.807, 2.05) is 38.1 Å². The SMILES string of the molecule is CCC(CC)(CN)C(=O)Nc1ccc(-c2n[nH]c(C3CC3)n2)cc1.Cl. The average Bonchev–Trinajstić information content (AvgIpc) is 3.35. The summed E-state index contributed by atoms with van der Waals surface area (Å²) in [6.45, 7) is 4.35. The van der Waals surface area contributed by atoms with Gasteiger partial charge in [-0.3, -0.25) is 9.89 Å². The molecule has 0 aliphatic heterocycles. The summed E-state index contributed by atoms with van der Waals surface area (Å²) >= 11 is 0. The topological polar surface area (TPSA) is 96.7 Å². The van der Waals surface area contributed by atoms with Crippen molar-refractivity contribution >= 4 is 24.0 Å². The summed E-state index contributed by atoms with van der Waals surface area (Å²) in [4.78, 5) is 17.1. The van der Waals surface area contributed by atoms with Gasteiger partial charge in [0.15, 0.2) is 5.82 Å². The second kappa shape index (κ2) is 7.97. The van der Waals surface area contributed by atoms with Crippen LogP contribution in [0.4, 0.5) is 5.69 Å². The van der Waals surface area contributed by atoms with Gasteiger partial charge in [-0.15, -0.1) is 12.4 Å². The van der Waals surface area contributed by atoms with Crippen LogP contribution in [0.5, 0.6) is 0 Å². The Morgan fingerprint density at radius 1 is 1.28 bits per heavy atom. The van der Waals surface area contributed by atoms with Crippen LogP contribution in [0.1, 0.15) is 51.3 Å². The lowest BCUT2D eigenvalue weighted by Gasteiger charge is -2.28. The zero-order valence-corrected chi connectivity index (χ0v) is 15.5. The molecule has 1 aliphatic rings. The summed E-state index contributed by atoms with van der Waals surface area (Å²) in [7, 11) is 0. The molecule has 4 N–H and O–H groups in total. The third-order valence-electron chi connectivity index (χ3n) is 5.09. The zero-order valence-electron chi connectivity index (χ0n) is 14.7. The van der Waals surface area contributed by atoms with Gasteiger partial charge in [0.25, 0.3) is 0 Å². The Morgan fingerprint density at radius 3 is 2.44 bits per heavy atom. The first-order chi connectivity index (χ1) is 11.6. The Kier molecular flexibility index (Phi) is 6.19. The average molecular weight is 364 g/mol. The van der Waals surface area contributed by atoms with Gasteiger partial charge in [-0.05, 0) is 49.9 Å². The van der Waals surface area contributed by atoms with Gasteiger partial charge in [-0.25, -0.2) is 4.98 Å². The van der Waals surface area contributed by atoms with E-state index in [4.69, 9.17) is 5.73 Å². The predicted molar refractivity (Wildman–Crippen MR) is 102 cm³/mol. The summed E-state index contributed by atoms with van der Waals surface area (Å²) in [6, 6.07) is 7.62. The Bertz CT molecular complexity index is 696. The van der Waals surface area contributed by atoms with E-state index in [2.05, 4.69) is 20.5 Å². The lowest BCUT2D eigenvalue weighted by atomic mass is 9.81. The summed E-state index contributed by atoms with van der Waals surface area (Å²) in [5.74, 6) is 2.21. The highest BCUT2D eigenvalue weighted by Crippen LogP contribution is 2.38. The van der Waals surface area contributed by atoms with Crippen molar-refractivity contribution in [2.45, 2.75) is 45.4 Å². The molecule has 0 radical (unpaired) electrons. The number of halogens is 1. The molecule has 136 valence electrons.